The second kappa shape index (κ2) is 3.94. The van der Waals surface area contributed by atoms with Gasteiger partial charge in [-0.3, -0.25) is 0 Å². The van der Waals surface area contributed by atoms with E-state index in [1.165, 1.54) is 11.3 Å². The van der Waals surface area contributed by atoms with Crippen LogP contribution in [0.1, 0.15) is 0 Å². The third-order valence-electron chi connectivity index (χ3n) is 1.71. The fourth-order valence-electron chi connectivity index (χ4n) is 1.10. The molecule has 0 unspecified atom stereocenters. The fraction of sp³-hybridized carbons (Fsp3) is 0.111. The molecule has 0 N–H and O–H groups in total. The first-order valence-electron chi connectivity index (χ1n) is 3.91. The molecular formula is C9H7ClN2OS. The monoisotopic (exact) mass is 226 g/mol. The van der Waals surface area contributed by atoms with Crippen LogP contribution < -0.4 is 4.74 Å². The van der Waals surface area contributed by atoms with E-state index in [1.807, 2.05) is 12.1 Å². The molecule has 0 aliphatic heterocycles. The Hall–Kier alpha value is -1.13. The van der Waals surface area contributed by atoms with Crippen LogP contribution in [0.25, 0.3) is 10.6 Å². The number of nitrogens with zero attached hydrogens (tertiary/aromatic N) is 2. The molecule has 0 bridgehead atoms. The van der Waals surface area contributed by atoms with Crippen LogP contribution >= 0.6 is 22.9 Å². The van der Waals surface area contributed by atoms with E-state index in [2.05, 4.69) is 10.2 Å². The van der Waals surface area contributed by atoms with Gasteiger partial charge in [0.1, 0.15) is 16.3 Å². The zero-order chi connectivity index (χ0) is 9.97. The summed E-state index contributed by atoms with van der Waals surface area (Å²) >= 11 is 7.39. The predicted molar refractivity (Wildman–Crippen MR) is 56.9 cm³/mol. The molecule has 1 aromatic heterocycles. The number of hydrogen-bond acceptors (Lipinski definition) is 4. The molecule has 0 saturated carbocycles. The predicted octanol–water partition coefficient (Wildman–Crippen LogP) is 2.87. The fourth-order valence-corrected chi connectivity index (χ4v) is 1.87. The van der Waals surface area contributed by atoms with E-state index >= 15 is 0 Å². The van der Waals surface area contributed by atoms with Crippen LogP contribution in [-0.2, 0) is 0 Å². The zero-order valence-corrected chi connectivity index (χ0v) is 8.97. The lowest BCUT2D eigenvalue weighted by Crippen LogP contribution is -1.84. The molecule has 0 atom stereocenters. The number of aromatic nitrogens is 2. The molecule has 0 aliphatic carbocycles. The van der Waals surface area contributed by atoms with Crippen LogP contribution in [0.5, 0.6) is 5.75 Å². The van der Waals surface area contributed by atoms with Crippen molar-refractivity contribution in [3.05, 3.63) is 28.7 Å². The van der Waals surface area contributed by atoms with E-state index in [4.69, 9.17) is 16.3 Å². The van der Waals surface area contributed by atoms with E-state index in [9.17, 15) is 0 Å². The Labute approximate surface area is 90.3 Å². The van der Waals surface area contributed by atoms with Gasteiger partial charge in [-0.25, -0.2) is 0 Å². The number of rotatable bonds is 2. The molecule has 2 rings (SSSR count). The Morgan fingerprint density at radius 2 is 2.21 bits per heavy atom. The topological polar surface area (TPSA) is 35.0 Å². The number of methoxy groups -OCH3 is 1. The van der Waals surface area contributed by atoms with Gasteiger partial charge in [-0.15, -0.1) is 10.2 Å². The largest absolute Gasteiger partial charge is 0.497 e. The normalized spacial score (nSPS) is 10.1. The van der Waals surface area contributed by atoms with E-state index in [1.54, 1.807) is 18.7 Å². The molecule has 2 aromatic rings. The number of ether oxygens (including phenoxy) is 1. The summed E-state index contributed by atoms with van der Waals surface area (Å²) < 4.78 is 5.11. The molecular weight excluding hydrogens is 220 g/mol. The lowest BCUT2D eigenvalue weighted by atomic mass is 10.2. The molecule has 0 fully saturated rings. The maximum atomic E-state index is 5.92. The van der Waals surface area contributed by atoms with Crippen LogP contribution in [-0.4, -0.2) is 17.3 Å². The van der Waals surface area contributed by atoms with Crippen molar-refractivity contribution in [2.24, 2.45) is 0 Å². The molecule has 0 amide bonds. The van der Waals surface area contributed by atoms with Crippen LogP contribution in [0.15, 0.2) is 23.7 Å². The number of halogens is 1. The van der Waals surface area contributed by atoms with Crippen LogP contribution in [0.2, 0.25) is 5.02 Å². The zero-order valence-electron chi connectivity index (χ0n) is 7.40. The van der Waals surface area contributed by atoms with Crippen molar-refractivity contribution in [2.45, 2.75) is 0 Å². The first kappa shape index (κ1) is 9.43. The molecule has 0 aliphatic rings. The van der Waals surface area contributed by atoms with Gasteiger partial charge in [0.2, 0.25) is 0 Å². The highest BCUT2D eigenvalue weighted by Crippen LogP contribution is 2.28. The summed E-state index contributed by atoms with van der Waals surface area (Å²) in [5.41, 5.74) is 2.61. The summed E-state index contributed by atoms with van der Waals surface area (Å²) in [5, 5.41) is 9.20. The van der Waals surface area contributed by atoms with Crippen molar-refractivity contribution in [1.82, 2.24) is 10.2 Å². The highest BCUT2D eigenvalue weighted by Gasteiger charge is 2.04. The first-order valence-corrected chi connectivity index (χ1v) is 5.16. The molecule has 14 heavy (non-hydrogen) atoms. The molecule has 3 nitrogen and oxygen atoms in total. The molecule has 1 aromatic carbocycles. The van der Waals surface area contributed by atoms with Gasteiger partial charge in [-0.1, -0.05) is 22.9 Å². The number of benzene rings is 1. The SMILES string of the molecule is COc1cc(Cl)cc(-c2nncs2)c1. The van der Waals surface area contributed by atoms with Gasteiger partial charge in [0.15, 0.2) is 0 Å². The molecule has 0 saturated heterocycles. The summed E-state index contributed by atoms with van der Waals surface area (Å²) in [6, 6.07) is 5.48. The quantitative estimate of drug-likeness (QED) is 0.790. The Kier molecular flexibility index (Phi) is 2.65. The second-order valence-electron chi connectivity index (χ2n) is 2.62. The van der Waals surface area contributed by atoms with Gasteiger partial charge in [0.05, 0.1) is 7.11 Å². The third-order valence-corrected chi connectivity index (χ3v) is 2.67. The lowest BCUT2D eigenvalue weighted by molar-refractivity contribution is 0.415. The average molecular weight is 227 g/mol. The van der Waals surface area contributed by atoms with Crippen LogP contribution in [0.4, 0.5) is 0 Å². The molecule has 0 radical (unpaired) electrons. The highest BCUT2D eigenvalue weighted by molar-refractivity contribution is 7.12. The van der Waals surface area contributed by atoms with E-state index in [0.29, 0.717) is 5.02 Å². The van der Waals surface area contributed by atoms with Gasteiger partial charge in [0.25, 0.3) is 0 Å². The minimum atomic E-state index is 0.634. The lowest BCUT2D eigenvalue weighted by Gasteiger charge is -2.02. The average Bonchev–Trinajstić information content (AvgIpc) is 2.69. The van der Waals surface area contributed by atoms with Gasteiger partial charge >= 0.3 is 0 Å². The van der Waals surface area contributed by atoms with E-state index in [-0.39, 0.29) is 0 Å². The molecule has 5 heteroatoms. The Morgan fingerprint density at radius 1 is 1.36 bits per heavy atom. The summed E-state index contributed by atoms with van der Waals surface area (Å²) in [5.74, 6) is 0.725. The summed E-state index contributed by atoms with van der Waals surface area (Å²) in [4.78, 5) is 0. The van der Waals surface area contributed by atoms with Gasteiger partial charge in [-0.05, 0) is 18.2 Å². The highest BCUT2D eigenvalue weighted by atomic mass is 35.5. The van der Waals surface area contributed by atoms with Crippen LogP contribution in [0, 0.1) is 0 Å². The van der Waals surface area contributed by atoms with E-state index < -0.39 is 0 Å². The van der Waals surface area contributed by atoms with Gasteiger partial charge in [-0.2, -0.15) is 0 Å². The van der Waals surface area contributed by atoms with Crippen LogP contribution in [0.3, 0.4) is 0 Å². The van der Waals surface area contributed by atoms with Gasteiger partial charge < -0.3 is 4.74 Å². The van der Waals surface area contributed by atoms with Crippen molar-refractivity contribution < 1.29 is 4.74 Å². The standard InChI is InChI=1S/C9H7ClN2OS/c1-13-8-3-6(2-7(10)4-8)9-12-11-5-14-9/h2-5H,1H3. The van der Waals surface area contributed by atoms with Crippen molar-refractivity contribution in [3.63, 3.8) is 0 Å². The summed E-state index contributed by atoms with van der Waals surface area (Å²) in [6.07, 6.45) is 0. The first-order chi connectivity index (χ1) is 6.79. The molecule has 1 heterocycles. The second-order valence-corrected chi connectivity index (χ2v) is 3.89. The summed E-state index contributed by atoms with van der Waals surface area (Å²) in [6.45, 7) is 0. The summed E-state index contributed by atoms with van der Waals surface area (Å²) in [7, 11) is 1.61. The van der Waals surface area contributed by atoms with Crippen molar-refractivity contribution in [1.29, 1.82) is 0 Å². The Morgan fingerprint density at radius 3 is 2.86 bits per heavy atom. The Bertz CT molecular complexity index is 430. The molecule has 0 spiro atoms. The maximum Gasteiger partial charge on any atom is 0.147 e. The third kappa shape index (κ3) is 1.86. The van der Waals surface area contributed by atoms with Crippen molar-refractivity contribution in [2.75, 3.05) is 7.11 Å². The van der Waals surface area contributed by atoms with Crippen molar-refractivity contribution >= 4 is 22.9 Å². The molecule has 72 valence electrons. The number of hydrogen-bond donors (Lipinski definition) is 0. The van der Waals surface area contributed by atoms with Gasteiger partial charge in [0, 0.05) is 10.6 Å². The van der Waals surface area contributed by atoms with Crippen molar-refractivity contribution in [3.8, 4) is 16.3 Å². The Balaban J connectivity index is 2.48. The van der Waals surface area contributed by atoms with E-state index in [0.717, 1.165) is 16.3 Å². The minimum absolute atomic E-state index is 0.634. The maximum absolute atomic E-state index is 5.92. The smallest absolute Gasteiger partial charge is 0.147 e. The minimum Gasteiger partial charge on any atom is -0.497 e.